The van der Waals surface area contributed by atoms with Crippen molar-refractivity contribution in [2.24, 2.45) is 23.7 Å². The van der Waals surface area contributed by atoms with Crippen molar-refractivity contribution in [3.05, 3.63) is 12.2 Å². The average Bonchev–Trinajstić information content (AvgIpc) is 2.97. The van der Waals surface area contributed by atoms with Crippen molar-refractivity contribution in [2.75, 3.05) is 26.7 Å². The number of rotatable bonds is 10. The van der Waals surface area contributed by atoms with Crippen LogP contribution >= 0.6 is 0 Å². The fourth-order valence-electron chi connectivity index (χ4n) is 4.48. The lowest BCUT2D eigenvalue weighted by molar-refractivity contribution is -0.140. The van der Waals surface area contributed by atoms with Gasteiger partial charge < -0.3 is 20.6 Å². The Balaban J connectivity index is 2.25. The maximum atomic E-state index is 13.3. The lowest BCUT2D eigenvalue weighted by Gasteiger charge is -2.32. The van der Waals surface area contributed by atoms with Crippen LogP contribution in [0.15, 0.2) is 12.2 Å². The number of hydrogen-bond donors (Lipinski definition) is 3. The minimum Gasteiger partial charge on any atom is -0.396 e. The zero-order valence-electron chi connectivity index (χ0n) is 17.3. The van der Waals surface area contributed by atoms with Crippen molar-refractivity contribution in [3.8, 4) is 0 Å². The van der Waals surface area contributed by atoms with Crippen LogP contribution < -0.4 is 10.6 Å². The number of nitrogens with zero attached hydrogens (tertiary/aromatic N) is 1. The van der Waals surface area contributed by atoms with Crippen molar-refractivity contribution in [1.29, 1.82) is 0 Å². The Morgan fingerprint density at radius 2 is 1.89 bits per heavy atom. The van der Waals surface area contributed by atoms with E-state index in [2.05, 4.69) is 17.6 Å². The summed E-state index contributed by atoms with van der Waals surface area (Å²) in [6.45, 7) is 5.12. The summed E-state index contributed by atoms with van der Waals surface area (Å²) in [5, 5.41) is 14.8. The quantitative estimate of drug-likeness (QED) is 0.382. The molecule has 0 aromatic rings. The van der Waals surface area contributed by atoms with Crippen LogP contribution in [0, 0.1) is 23.7 Å². The standard InChI is InChI=1S/C21H35N3O4/c1-4-5-6-11-23-20(27)18-15-10-9-14(2)16(19(26)22-3)17(15)21(28)24(18)12-7-8-13-25/h9-10,14-18,25H,4-8,11-13H2,1-3H3,(H,22,26)(H,23,27)/t14-,15+,16-,17-,18+/m1/s1. The first-order chi connectivity index (χ1) is 13.5. The van der Waals surface area contributed by atoms with Crippen molar-refractivity contribution in [1.82, 2.24) is 15.5 Å². The van der Waals surface area contributed by atoms with Crippen LogP contribution in [0.5, 0.6) is 0 Å². The predicted octanol–water partition coefficient (Wildman–Crippen LogP) is 1.08. The van der Waals surface area contributed by atoms with Crippen LogP contribution in [0.25, 0.3) is 0 Å². The molecule has 1 fully saturated rings. The first-order valence-corrected chi connectivity index (χ1v) is 10.6. The van der Waals surface area contributed by atoms with Crippen molar-refractivity contribution < 1.29 is 19.5 Å². The number of carbonyl (C=O) groups excluding carboxylic acids is 3. The van der Waals surface area contributed by atoms with E-state index in [0.29, 0.717) is 25.9 Å². The predicted molar refractivity (Wildman–Crippen MR) is 107 cm³/mol. The van der Waals surface area contributed by atoms with Gasteiger partial charge in [0.1, 0.15) is 6.04 Å². The van der Waals surface area contributed by atoms with Crippen molar-refractivity contribution in [2.45, 2.75) is 52.0 Å². The fourth-order valence-corrected chi connectivity index (χ4v) is 4.48. The fraction of sp³-hybridized carbons (Fsp3) is 0.762. The molecule has 1 heterocycles. The van der Waals surface area contributed by atoms with Gasteiger partial charge in [0.2, 0.25) is 17.7 Å². The van der Waals surface area contributed by atoms with E-state index in [1.807, 2.05) is 19.1 Å². The highest BCUT2D eigenvalue weighted by Crippen LogP contribution is 2.43. The highest BCUT2D eigenvalue weighted by molar-refractivity contribution is 5.96. The zero-order valence-corrected chi connectivity index (χ0v) is 17.3. The molecule has 28 heavy (non-hydrogen) atoms. The second kappa shape index (κ2) is 10.6. The summed E-state index contributed by atoms with van der Waals surface area (Å²) in [5.41, 5.74) is 0. The molecule has 158 valence electrons. The molecule has 5 atom stereocenters. The first-order valence-electron chi connectivity index (χ1n) is 10.6. The van der Waals surface area contributed by atoms with E-state index >= 15 is 0 Å². The summed E-state index contributed by atoms with van der Waals surface area (Å²) in [6.07, 6.45) is 8.16. The van der Waals surface area contributed by atoms with E-state index in [0.717, 1.165) is 19.3 Å². The minimum atomic E-state index is -0.589. The van der Waals surface area contributed by atoms with E-state index in [-0.39, 0.29) is 36.2 Å². The Morgan fingerprint density at radius 3 is 2.54 bits per heavy atom. The number of aliphatic hydroxyl groups is 1. The van der Waals surface area contributed by atoms with Crippen LogP contribution in [0.4, 0.5) is 0 Å². The summed E-state index contributed by atoms with van der Waals surface area (Å²) < 4.78 is 0. The third-order valence-electron chi connectivity index (χ3n) is 5.98. The molecule has 3 N–H and O–H groups in total. The van der Waals surface area contributed by atoms with Crippen molar-refractivity contribution in [3.63, 3.8) is 0 Å². The van der Waals surface area contributed by atoms with E-state index in [1.165, 1.54) is 0 Å². The van der Waals surface area contributed by atoms with Gasteiger partial charge in [-0.1, -0.05) is 38.8 Å². The van der Waals surface area contributed by atoms with Gasteiger partial charge in [0.15, 0.2) is 0 Å². The number of unbranched alkanes of at least 4 members (excludes halogenated alkanes) is 3. The second-order valence-corrected chi connectivity index (χ2v) is 7.89. The molecule has 0 aromatic heterocycles. The summed E-state index contributed by atoms with van der Waals surface area (Å²) in [4.78, 5) is 40.4. The molecule has 3 amide bonds. The summed E-state index contributed by atoms with van der Waals surface area (Å²) in [7, 11) is 1.58. The molecule has 1 aliphatic carbocycles. The smallest absolute Gasteiger partial charge is 0.243 e. The highest BCUT2D eigenvalue weighted by atomic mass is 16.3. The third kappa shape index (κ3) is 4.74. The number of aliphatic hydroxyl groups excluding tert-OH is 1. The molecule has 2 rings (SSSR count). The van der Waals surface area contributed by atoms with Gasteiger partial charge in [0.05, 0.1) is 11.8 Å². The Bertz CT molecular complexity index is 592. The summed E-state index contributed by atoms with van der Waals surface area (Å²) in [5.74, 6) is -1.76. The van der Waals surface area contributed by atoms with E-state index in [1.54, 1.807) is 11.9 Å². The number of allylic oxidation sites excluding steroid dienone is 1. The molecule has 0 radical (unpaired) electrons. The molecule has 0 unspecified atom stereocenters. The van der Waals surface area contributed by atoms with Crippen LogP contribution in [0.3, 0.4) is 0 Å². The number of nitrogens with one attached hydrogen (secondary N) is 2. The van der Waals surface area contributed by atoms with Crippen LogP contribution in [-0.2, 0) is 14.4 Å². The SMILES string of the molecule is CCCCCNC(=O)[C@@H]1[C@H]2C=C[C@@H](C)[C@@H](C(=O)NC)[C@@H]2C(=O)N1CCCCO. The molecule has 1 aliphatic heterocycles. The van der Waals surface area contributed by atoms with E-state index < -0.39 is 17.9 Å². The van der Waals surface area contributed by atoms with E-state index in [9.17, 15) is 14.4 Å². The largest absolute Gasteiger partial charge is 0.396 e. The highest BCUT2D eigenvalue weighted by Gasteiger charge is 2.56. The minimum absolute atomic E-state index is 0.0561. The molecule has 0 spiro atoms. The summed E-state index contributed by atoms with van der Waals surface area (Å²) in [6, 6.07) is -0.589. The maximum Gasteiger partial charge on any atom is 0.243 e. The number of likely N-dealkylation sites (tertiary alicyclic amines) is 1. The van der Waals surface area contributed by atoms with Gasteiger partial charge in [0.25, 0.3) is 0 Å². The number of carbonyl (C=O) groups is 3. The molecule has 1 saturated heterocycles. The Labute approximate surface area is 167 Å². The topological polar surface area (TPSA) is 98.7 Å². The van der Waals surface area contributed by atoms with Gasteiger partial charge >= 0.3 is 0 Å². The molecular weight excluding hydrogens is 358 g/mol. The molecule has 2 aliphatic rings. The Morgan fingerprint density at radius 1 is 1.14 bits per heavy atom. The molecule has 7 heteroatoms. The molecule has 0 aromatic carbocycles. The van der Waals surface area contributed by atoms with Gasteiger partial charge in [-0.2, -0.15) is 0 Å². The van der Waals surface area contributed by atoms with Crippen LogP contribution in [0.2, 0.25) is 0 Å². The monoisotopic (exact) mass is 393 g/mol. The Hall–Kier alpha value is -1.89. The van der Waals surface area contributed by atoms with Gasteiger partial charge in [-0.3, -0.25) is 14.4 Å². The molecular formula is C21H35N3O4. The number of fused-ring (bicyclic) bond motifs is 1. The normalized spacial score (nSPS) is 28.9. The summed E-state index contributed by atoms with van der Waals surface area (Å²) >= 11 is 0. The second-order valence-electron chi connectivity index (χ2n) is 7.89. The first kappa shape index (κ1) is 22.4. The third-order valence-corrected chi connectivity index (χ3v) is 5.98. The molecule has 0 saturated carbocycles. The molecule has 0 bridgehead atoms. The average molecular weight is 394 g/mol. The van der Waals surface area contributed by atoms with Crippen LogP contribution in [-0.4, -0.2) is 60.5 Å². The lowest BCUT2D eigenvalue weighted by atomic mass is 9.70. The molecule has 7 nitrogen and oxygen atoms in total. The van der Waals surface area contributed by atoms with Gasteiger partial charge in [-0.25, -0.2) is 0 Å². The van der Waals surface area contributed by atoms with Gasteiger partial charge in [0, 0.05) is 32.7 Å². The van der Waals surface area contributed by atoms with Gasteiger partial charge in [-0.15, -0.1) is 0 Å². The van der Waals surface area contributed by atoms with Crippen molar-refractivity contribution >= 4 is 17.7 Å². The lowest BCUT2D eigenvalue weighted by Crippen LogP contribution is -2.48. The number of amides is 3. The zero-order chi connectivity index (χ0) is 20.7. The van der Waals surface area contributed by atoms with E-state index in [4.69, 9.17) is 5.11 Å². The maximum absolute atomic E-state index is 13.3. The Kier molecular flexibility index (Phi) is 8.48. The van der Waals surface area contributed by atoms with Gasteiger partial charge in [-0.05, 0) is 25.2 Å². The number of hydrogen-bond acceptors (Lipinski definition) is 4. The van der Waals surface area contributed by atoms with Crippen LogP contribution in [0.1, 0.15) is 46.0 Å².